The summed E-state index contributed by atoms with van der Waals surface area (Å²) >= 11 is 5.96. The van der Waals surface area contributed by atoms with Crippen LogP contribution in [0.15, 0.2) is 73.1 Å². The fourth-order valence-corrected chi connectivity index (χ4v) is 4.12. The summed E-state index contributed by atoms with van der Waals surface area (Å²) in [5, 5.41) is 0.739. The quantitative estimate of drug-likeness (QED) is 0.368. The number of halogens is 1. The molecule has 1 fully saturated rings. The number of carbonyl (C=O) groups is 1. The first-order valence-corrected chi connectivity index (χ1v) is 11.4. The summed E-state index contributed by atoms with van der Waals surface area (Å²) < 4.78 is 5.92. The molecule has 0 aliphatic carbocycles. The molecule has 0 bridgehead atoms. The third-order valence-corrected chi connectivity index (χ3v) is 6.00. The fourth-order valence-electron chi connectivity index (χ4n) is 3.99. The first-order chi connectivity index (χ1) is 15.6. The van der Waals surface area contributed by atoms with Gasteiger partial charge in [-0.3, -0.25) is 9.88 Å². The molecule has 5 nitrogen and oxygen atoms in total. The highest BCUT2D eigenvalue weighted by Crippen LogP contribution is 2.24. The molecule has 0 spiro atoms. The normalized spacial score (nSPS) is 14.6. The third-order valence-electron chi connectivity index (χ3n) is 5.74. The molecule has 4 rings (SSSR count). The second kappa shape index (κ2) is 10.5. The van der Waals surface area contributed by atoms with E-state index in [1.165, 1.54) is 0 Å². The minimum absolute atomic E-state index is 0.0834. The summed E-state index contributed by atoms with van der Waals surface area (Å²) in [6.45, 7) is 5.13. The van der Waals surface area contributed by atoms with Crippen LogP contribution in [0, 0.1) is 5.92 Å². The lowest BCUT2D eigenvalue weighted by atomic mass is 10.1. The Morgan fingerprint density at radius 1 is 0.969 bits per heavy atom. The minimum Gasteiger partial charge on any atom is -0.494 e. The molecular weight excluding hydrogens is 422 g/mol. The predicted molar refractivity (Wildman–Crippen MR) is 129 cm³/mol. The van der Waals surface area contributed by atoms with Crippen LogP contribution in [0.3, 0.4) is 0 Å². The molecule has 32 heavy (non-hydrogen) atoms. The zero-order chi connectivity index (χ0) is 22.3. The lowest BCUT2D eigenvalue weighted by Gasteiger charge is -2.22. The van der Waals surface area contributed by atoms with Crippen LogP contribution in [0.2, 0.25) is 5.02 Å². The Kier molecular flexibility index (Phi) is 7.28. The van der Waals surface area contributed by atoms with Gasteiger partial charge in [0.15, 0.2) is 0 Å². The standard InChI is InChI=1S/C26H28ClN3O2/c1-20(19-29-16-17-30(26(29)31)24-12-14-28-15-13-24)3-2-18-32-25-10-6-22(7-11-25)21-4-8-23(27)9-5-21/h4-15,20H,2-3,16-19H2,1H3. The van der Waals surface area contributed by atoms with Crippen LogP contribution in [-0.2, 0) is 0 Å². The average molecular weight is 450 g/mol. The second-order valence-electron chi connectivity index (χ2n) is 8.21. The van der Waals surface area contributed by atoms with Crippen LogP contribution in [0.5, 0.6) is 5.75 Å². The van der Waals surface area contributed by atoms with Gasteiger partial charge in [-0.25, -0.2) is 4.79 Å². The second-order valence-corrected chi connectivity index (χ2v) is 8.65. The molecule has 1 atom stereocenters. The molecule has 166 valence electrons. The van der Waals surface area contributed by atoms with Gasteiger partial charge >= 0.3 is 6.03 Å². The van der Waals surface area contributed by atoms with Crippen LogP contribution in [0.25, 0.3) is 11.1 Å². The molecule has 1 aromatic heterocycles. The highest BCUT2D eigenvalue weighted by molar-refractivity contribution is 6.30. The van der Waals surface area contributed by atoms with E-state index in [9.17, 15) is 4.79 Å². The molecule has 0 radical (unpaired) electrons. The smallest absolute Gasteiger partial charge is 0.324 e. The van der Waals surface area contributed by atoms with Crippen molar-refractivity contribution in [2.24, 2.45) is 5.92 Å². The Labute approximate surface area is 194 Å². The van der Waals surface area contributed by atoms with E-state index in [0.717, 1.165) is 60.1 Å². The van der Waals surface area contributed by atoms with Crippen molar-refractivity contribution in [3.8, 4) is 16.9 Å². The van der Waals surface area contributed by atoms with Gasteiger partial charge in [0, 0.05) is 42.7 Å². The lowest BCUT2D eigenvalue weighted by Crippen LogP contribution is -2.34. The number of rotatable bonds is 9. The Morgan fingerprint density at radius 3 is 2.31 bits per heavy atom. The van der Waals surface area contributed by atoms with Crippen molar-refractivity contribution in [3.05, 3.63) is 78.1 Å². The van der Waals surface area contributed by atoms with Crippen molar-refractivity contribution >= 4 is 23.3 Å². The van der Waals surface area contributed by atoms with Gasteiger partial charge in [-0.15, -0.1) is 0 Å². The largest absolute Gasteiger partial charge is 0.494 e. The predicted octanol–water partition coefficient (Wildman–Crippen LogP) is 6.14. The summed E-state index contributed by atoms with van der Waals surface area (Å²) in [4.78, 5) is 20.5. The monoisotopic (exact) mass is 449 g/mol. The molecule has 2 aromatic carbocycles. The summed E-state index contributed by atoms with van der Waals surface area (Å²) in [5.74, 6) is 1.30. The van der Waals surface area contributed by atoms with E-state index in [2.05, 4.69) is 24.0 Å². The molecule has 0 saturated carbocycles. The molecule has 0 N–H and O–H groups in total. The van der Waals surface area contributed by atoms with Gasteiger partial charge in [0.1, 0.15) is 5.75 Å². The number of ether oxygens (including phenoxy) is 1. The van der Waals surface area contributed by atoms with E-state index in [1.54, 1.807) is 12.4 Å². The average Bonchev–Trinajstić information content (AvgIpc) is 3.18. The van der Waals surface area contributed by atoms with Gasteiger partial charge in [-0.05, 0) is 66.3 Å². The maximum atomic E-state index is 12.7. The van der Waals surface area contributed by atoms with E-state index in [4.69, 9.17) is 16.3 Å². The van der Waals surface area contributed by atoms with Crippen LogP contribution < -0.4 is 9.64 Å². The number of anilines is 1. The van der Waals surface area contributed by atoms with Crippen molar-refractivity contribution < 1.29 is 9.53 Å². The first-order valence-electron chi connectivity index (χ1n) is 11.1. The molecule has 1 aliphatic rings. The van der Waals surface area contributed by atoms with Gasteiger partial charge < -0.3 is 9.64 Å². The third kappa shape index (κ3) is 5.60. The number of pyridine rings is 1. The summed E-state index contributed by atoms with van der Waals surface area (Å²) in [6.07, 6.45) is 5.41. The number of carbonyl (C=O) groups excluding carboxylic acids is 1. The maximum Gasteiger partial charge on any atom is 0.324 e. The zero-order valence-electron chi connectivity index (χ0n) is 18.3. The molecule has 2 heterocycles. The van der Waals surface area contributed by atoms with E-state index >= 15 is 0 Å². The number of benzene rings is 2. The van der Waals surface area contributed by atoms with Gasteiger partial charge in [0.25, 0.3) is 0 Å². The van der Waals surface area contributed by atoms with E-state index < -0.39 is 0 Å². The van der Waals surface area contributed by atoms with Crippen molar-refractivity contribution in [1.29, 1.82) is 0 Å². The van der Waals surface area contributed by atoms with Crippen LogP contribution in [-0.4, -0.2) is 42.2 Å². The fraction of sp³-hybridized carbons (Fsp3) is 0.308. The van der Waals surface area contributed by atoms with Crippen molar-refractivity contribution in [1.82, 2.24) is 9.88 Å². The Hall–Kier alpha value is -3.05. The molecular formula is C26H28ClN3O2. The molecule has 1 unspecified atom stereocenters. The van der Waals surface area contributed by atoms with Crippen LogP contribution >= 0.6 is 11.6 Å². The number of nitrogens with zero attached hydrogens (tertiary/aromatic N) is 3. The summed E-state index contributed by atoms with van der Waals surface area (Å²) in [7, 11) is 0. The van der Waals surface area contributed by atoms with Gasteiger partial charge in [-0.2, -0.15) is 0 Å². The van der Waals surface area contributed by atoms with Crippen LogP contribution in [0.1, 0.15) is 19.8 Å². The molecule has 1 aliphatic heterocycles. The number of amides is 2. The van der Waals surface area contributed by atoms with E-state index in [0.29, 0.717) is 12.5 Å². The van der Waals surface area contributed by atoms with Gasteiger partial charge in [0.2, 0.25) is 0 Å². The van der Waals surface area contributed by atoms with Gasteiger partial charge in [0.05, 0.1) is 6.61 Å². The number of hydrogen-bond donors (Lipinski definition) is 0. The Bertz CT molecular complexity index is 1010. The molecule has 3 aromatic rings. The van der Waals surface area contributed by atoms with Gasteiger partial charge in [-0.1, -0.05) is 42.8 Å². The summed E-state index contributed by atoms with van der Waals surface area (Å²) in [6, 6.07) is 19.8. The Balaban J connectivity index is 1.18. The molecule has 1 saturated heterocycles. The first kappa shape index (κ1) is 22.2. The zero-order valence-corrected chi connectivity index (χ0v) is 19.0. The van der Waals surface area contributed by atoms with Crippen molar-refractivity contribution in [2.75, 3.05) is 31.1 Å². The number of aromatic nitrogens is 1. The summed E-state index contributed by atoms with van der Waals surface area (Å²) in [5.41, 5.74) is 3.18. The number of hydrogen-bond acceptors (Lipinski definition) is 3. The molecule has 6 heteroatoms. The Morgan fingerprint density at radius 2 is 1.62 bits per heavy atom. The lowest BCUT2D eigenvalue weighted by molar-refractivity contribution is 0.209. The minimum atomic E-state index is 0.0834. The maximum absolute atomic E-state index is 12.7. The van der Waals surface area contributed by atoms with Crippen molar-refractivity contribution in [3.63, 3.8) is 0 Å². The molecule has 2 amide bonds. The van der Waals surface area contributed by atoms with Crippen molar-refractivity contribution in [2.45, 2.75) is 19.8 Å². The van der Waals surface area contributed by atoms with E-state index in [1.807, 2.05) is 58.3 Å². The highest BCUT2D eigenvalue weighted by Gasteiger charge is 2.30. The highest BCUT2D eigenvalue weighted by atomic mass is 35.5. The van der Waals surface area contributed by atoms with Crippen LogP contribution in [0.4, 0.5) is 10.5 Å². The topological polar surface area (TPSA) is 45.7 Å². The SMILES string of the molecule is CC(CCCOc1ccc(-c2ccc(Cl)cc2)cc1)CN1CCN(c2ccncc2)C1=O. The van der Waals surface area contributed by atoms with E-state index in [-0.39, 0.29) is 6.03 Å². The number of urea groups is 1.